The molecule has 0 amide bonds. The zero-order valence-electron chi connectivity index (χ0n) is 26.4. The Morgan fingerprint density at radius 2 is 1.73 bits per heavy atom. The largest absolute Gasteiger partial charge is 0.481 e. The van der Waals surface area contributed by atoms with Crippen molar-refractivity contribution in [1.82, 2.24) is 15.3 Å². The molecule has 44 heavy (non-hydrogen) atoms. The Bertz CT molecular complexity index is 1880. The number of rotatable bonds is 6. The van der Waals surface area contributed by atoms with Gasteiger partial charge in [0.2, 0.25) is 0 Å². The lowest BCUT2D eigenvalue weighted by Gasteiger charge is -2.22. The molecule has 9 heteroatoms. The highest BCUT2D eigenvalue weighted by Gasteiger charge is 2.51. The average Bonchev–Trinajstić information content (AvgIpc) is 3.72. The number of fused-ring (bicyclic) bond motifs is 7. The summed E-state index contributed by atoms with van der Waals surface area (Å²) in [5, 5.41) is 15.2. The van der Waals surface area contributed by atoms with Crippen molar-refractivity contribution in [2.75, 3.05) is 7.11 Å². The van der Waals surface area contributed by atoms with Crippen molar-refractivity contribution in [2.45, 2.75) is 73.3 Å². The van der Waals surface area contributed by atoms with Crippen LogP contribution in [0.3, 0.4) is 0 Å². The number of hydrogen-bond acceptors (Lipinski definition) is 6. The highest BCUT2D eigenvalue weighted by Crippen LogP contribution is 2.46. The number of esters is 1. The van der Waals surface area contributed by atoms with Crippen LogP contribution >= 0.6 is 0 Å². The first kappa shape index (κ1) is 29.7. The van der Waals surface area contributed by atoms with E-state index in [0.29, 0.717) is 29.0 Å². The van der Waals surface area contributed by atoms with E-state index < -0.39 is 17.9 Å². The maximum atomic E-state index is 14.0. The Balaban J connectivity index is 1.69. The van der Waals surface area contributed by atoms with E-state index in [4.69, 9.17) is 9.73 Å². The number of H-pyrrole nitrogens is 2. The van der Waals surface area contributed by atoms with Crippen LogP contribution in [0.1, 0.15) is 74.2 Å². The molecule has 4 atom stereocenters. The van der Waals surface area contributed by atoms with Crippen molar-refractivity contribution in [3.05, 3.63) is 72.5 Å². The zero-order valence-corrected chi connectivity index (χ0v) is 26.4. The number of Topliss-reactive ketones (excluding diaryl/α,β-unsaturated/α-hetero) is 1. The summed E-state index contributed by atoms with van der Waals surface area (Å²) < 4.78 is 5.15. The van der Waals surface area contributed by atoms with Crippen LogP contribution in [0.2, 0.25) is 0 Å². The number of nitrogens with zero attached hydrogens (tertiary/aromatic N) is 1. The van der Waals surface area contributed by atoms with Crippen LogP contribution in [-0.4, -0.2) is 51.7 Å². The second kappa shape index (κ2) is 10.9. The summed E-state index contributed by atoms with van der Waals surface area (Å²) in [4.78, 5) is 51.4. The highest BCUT2D eigenvalue weighted by molar-refractivity contribution is 6.26. The van der Waals surface area contributed by atoms with Gasteiger partial charge < -0.3 is 25.1 Å². The van der Waals surface area contributed by atoms with Crippen LogP contribution < -0.4 is 16.0 Å². The summed E-state index contributed by atoms with van der Waals surface area (Å²) in [6, 6.07) is -0.279. The van der Waals surface area contributed by atoms with Gasteiger partial charge in [-0.15, -0.1) is 0 Å². The molecule has 4 N–H and O–H groups in total. The first-order valence-corrected chi connectivity index (χ1v) is 15.5. The molecule has 0 spiro atoms. The molecule has 2 aromatic heterocycles. The summed E-state index contributed by atoms with van der Waals surface area (Å²) >= 11 is 0. The van der Waals surface area contributed by atoms with Gasteiger partial charge in [0, 0.05) is 57.2 Å². The molecule has 0 saturated heterocycles. The number of carbonyl (C=O) groups excluding carboxylic acids is 2. The van der Waals surface area contributed by atoms with E-state index in [-0.39, 0.29) is 30.1 Å². The fourth-order valence-corrected chi connectivity index (χ4v) is 7.56. The number of ether oxygens (including phenoxy) is 1. The van der Waals surface area contributed by atoms with Crippen molar-refractivity contribution in [3.63, 3.8) is 0 Å². The minimum atomic E-state index is -1.16. The van der Waals surface area contributed by atoms with Gasteiger partial charge in [-0.1, -0.05) is 20.8 Å². The smallest absolute Gasteiger partial charge is 0.321 e. The minimum Gasteiger partial charge on any atom is -0.481 e. The van der Waals surface area contributed by atoms with Gasteiger partial charge >= 0.3 is 11.9 Å². The van der Waals surface area contributed by atoms with Crippen molar-refractivity contribution in [3.8, 4) is 0 Å². The summed E-state index contributed by atoms with van der Waals surface area (Å²) in [5.41, 5.74) is 10.5. The maximum absolute atomic E-state index is 14.0. The van der Waals surface area contributed by atoms with E-state index in [1.807, 2.05) is 19.9 Å². The number of aliphatic carboxylic acids is 1. The maximum Gasteiger partial charge on any atom is 0.321 e. The number of carboxylic acids is 1. The number of nitrogens with one attached hydrogen (secondary N) is 3. The number of methoxy groups -OCH3 is 1. The first-order chi connectivity index (χ1) is 21.0. The van der Waals surface area contributed by atoms with E-state index in [1.54, 1.807) is 0 Å². The highest BCUT2D eigenvalue weighted by atomic mass is 16.5. The van der Waals surface area contributed by atoms with Gasteiger partial charge in [0.15, 0.2) is 5.78 Å². The number of aromatic amines is 2. The summed E-state index contributed by atoms with van der Waals surface area (Å²) in [6.07, 6.45) is 8.31. The lowest BCUT2D eigenvalue weighted by atomic mass is 9.81. The van der Waals surface area contributed by atoms with Crippen LogP contribution in [-0.2, 0) is 32.0 Å². The van der Waals surface area contributed by atoms with E-state index >= 15 is 0 Å². The van der Waals surface area contributed by atoms with Gasteiger partial charge in [0.25, 0.3) is 0 Å². The van der Waals surface area contributed by atoms with Gasteiger partial charge in [-0.05, 0) is 86.1 Å². The fraction of sp³-hybridized carbons (Fsp3) is 0.429. The lowest BCUT2D eigenvalue weighted by Crippen LogP contribution is -2.32. The van der Waals surface area contributed by atoms with Gasteiger partial charge in [-0.3, -0.25) is 19.4 Å². The number of aromatic nitrogens is 2. The summed E-state index contributed by atoms with van der Waals surface area (Å²) in [5.74, 6) is -3.44. The number of aliphatic imine (C=N–C) groups is 1. The molecule has 0 fully saturated rings. The summed E-state index contributed by atoms with van der Waals surface area (Å²) in [7, 11) is 1.29. The second-order valence-electron chi connectivity index (χ2n) is 12.3. The average molecular weight is 597 g/mol. The number of hydrogen-bond donors (Lipinski definition) is 4. The molecule has 3 aliphatic heterocycles. The van der Waals surface area contributed by atoms with Crippen LogP contribution in [0.5, 0.6) is 0 Å². The molecular formula is C35H40N4O5. The van der Waals surface area contributed by atoms with Crippen LogP contribution in [0.25, 0.3) is 18.2 Å². The van der Waals surface area contributed by atoms with E-state index in [9.17, 15) is 19.5 Å². The molecule has 230 valence electrons. The quantitative estimate of drug-likeness (QED) is 0.298. The third-order valence-electron chi connectivity index (χ3n) is 10.1. The minimum absolute atomic E-state index is 0.0545. The Kier molecular flexibility index (Phi) is 7.38. The molecular weight excluding hydrogens is 556 g/mol. The standard InChI is InChI=1S/C35H40N4O5/c1-8-19-15(3)22-12-24-17(5)21(10-11-28(40)41)32(38-24)30-31(35(43)44-7)34(42)29-18(6)25(39-33(29)30)14-27-20(9-2)16(4)23(37-27)13-26(19)36-22/h12-14,17,21,25,31,36-37,39H,8-11H2,1-7H3,(H,40,41). The predicted octanol–water partition coefficient (Wildman–Crippen LogP) is 3.53. The third-order valence-corrected chi connectivity index (χ3v) is 10.1. The summed E-state index contributed by atoms with van der Waals surface area (Å²) in [6.45, 7) is 12.5. The van der Waals surface area contributed by atoms with E-state index in [0.717, 1.165) is 51.8 Å². The van der Waals surface area contributed by atoms with Crippen molar-refractivity contribution in [2.24, 2.45) is 22.7 Å². The zero-order chi connectivity index (χ0) is 31.6. The SMILES string of the molecule is CCc1c2[nH]c(c1C)C=C1N=C(C3=C4NC(C=c5[nH]c(c(C)c5CC)=C2)C(C)=C4C(=O)C3C(=O)OC)C(CCC(=O)O)C1C. The Labute approximate surface area is 256 Å². The normalized spacial score (nSPS) is 23.8. The molecule has 5 heterocycles. The molecule has 0 saturated carbocycles. The van der Waals surface area contributed by atoms with Crippen molar-refractivity contribution in [1.29, 1.82) is 0 Å². The first-order valence-electron chi connectivity index (χ1n) is 15.5. The van der Waals surface area contributed by atoms with Crippen molar-refractivity contribution >= 4 is 41.7 Å². The molecule has 4 aliphatic rings. The van der Waals surface area contributed by atoms with Gasteiger partial charge in [0.05, 0.1) is 24.6 Å². The Morgan fingerprint density at radius 1 is 1.00 bits per heavy atom. The topological polar surface area (TPSA) is 137 Å². The Morgan fingerprint density at radius 3 is 2.39 bits per heavy atom. The monoisotopic (exact) mass is 596 g/mol. The molecule has 1 aliphatic carbocycles. The van der Waals surface area contributed by atoms with Crippen LogP contribution in [0, 0.1) is 31.6 Å². The molecule has 8 bridgehead atoms. The molecule has 0 aromatic carbocycles. The molecule has 6 rings (SSSR count). The van der Waals surface area contributed by atoms with Crippen LogP contribution in [0.15, 0.2) is 33.1 Å². The predicted molar refractivity (Wildman–Crippen MR) is 169 cm³/mol. The Hall–Kier alpha value is -4.40. The van der Waals surface area contributed by atoms with Gasteiger partial charge in [-0.2, -0.15) is 0 Å². The number of allylic oxidation sites excluding steroid dienone is 2. The lowest BCUT2D eigenvalue weighted by molar-refractivity contribution is -0.146. The number of carboxylic acid groups (broad SMARTS) is 1. The van der Waals surface area contributed by atoms with Crippen LogP contribution in [0.4, 0.5) is 0 Å². The number of ketones is 1. The molecule has 9 nitrogen and oxygen atoms in total. The molecule has 2 aromatic rings. The molecule has 4 unspecified atom stereocenters. The third kappa shape index (κ3) is 4.43. The van der Waals surface area contributed by atoms with E-state index in [1.165, 1.54) is 23.8 Å². The van der Waals surface area contributed by atoms with Gasteiger partial charge in [-0.25, -0.2) is 0 Å². The fourth-order valence-electron chi connectivity index (χ4n) is 7.56. The van der Waals surface area contributed by atoms with Crippen molar-refractivity contribution < 1.29 is 24.2 Å². The van der Waals surface area contributed by atoms with Gasteiger partial charge in [0.1, 0.15) is 5.92 Å². The molecule has 0 radical (unpaired) electrons. The number of carbonyl (C=O) groups is 3. The second-order valence-corrected chi connectivity index (χ2v) is 12.3. The van der Waals surface area contributed by atoms with E-state index in [2.05, 4.69) is 55.1 Å².